The molecule has 0 saturated heterocycles. The monoisotopic (exact) mass is 164 g/mol. The van der Waals surface area contributed by atoms with Crippen molar-refractivity contribution in [2.45, 2.75) is 40.0 Å². The van der Waals surface area contributed by atoms with E-state index in [9.17, 15) is 4.79 Å². The van der Waals surface area contributed by atoms with Crippen LogP contribution in [0.25, 0.3) is 0 Å². The SMILES string of the molecule is CC1(C)C=C2C(=O)CCC2(C)C1. The summed E-state index contributed by atoms with van der Waals surface area (Å²) < 4.78 is 0. The fraction of sp³-hybridized carbons (Fsp3) is 0.727. The van der Waals surface area contributed by atoms with E-state index in [0.717, 1.165) is 24.8 Å². The first-order valence-electron chi connectivity index (χ1n) is 4.70. The molecule has 1 fully saturated rings. The summed E-state index contributed by atoms with van der Waals surface area (Å²) in [5.41, 5.74) is 1.59. The number of carbonyl (C=O) groups excluding carboxylic acids is 1. The lowest BCUT2D eigenvalue weighted by Gasteiger charge is -2.24. The molecule has 12 heavy (non-hydrogen) atoms. The van der Waals surface area contributed by atoms with Crippen LogP contribution in [0.15, 0.2) is 11.6 Å². The molecule has 2 aliphatic carbocycles. The van der Waals surface area contributed by atoms with Gasteiger partial charge in [-0.05, 0) is 29.2 Å². The molecule has 0 aliphatic heterocycles. The lowest BCUT2D eigenvalue weighted by Crippen LogP contribution is -2.15. The molecule has 0 radical (unpaired) electrons. The van der Waals surface area contributed by atoms with Crippen molar-refractivity contribution in [1.29, 1.82) is 0 Å². The van der Waals surface area contributed by atoms with Crippen molar-refractivity contribution < 1.29 is 4.79 Å². The normalized spacial score (nSPS) is 38.2. The van der Waals surface area contributed by atoms with Crippen molar-refractivity contribution in [3.05, 3.63) is 11.6 Å². The lowest BCUT2D eigenvalue weighted by atomic mass is 9.80. The first kappa shape index (κ1) is 8.03. The third-order valence-corrected chi connectivity index (χ3v) is 3.24. The smallest absolute Gasteiger partial charge is 0.159 e. The van der Waals surface area contributed by atoms with E-state index in [4.69, 9.17) is 0 Å². The maximum atomic E-state index is 11.5. The highest BCUT2D eigenvalue weighted by molar-refractivity contribution is 5.99. The van der Waals surface area contributed by atoms with Gasteiger partial charge < -0.3 is 0 Å². The second-order valence-corrected chi connectivity index (χ2v) is 5.21. The molecule has 0 bridgehead atoms. The number of hydrogen-bond acceptors (Lipinski definition) is 1. The molecule has 2 aliphatic rings. The van der Waals surface area contributed by atoms with Gasteiger partial charge in [0, 0.05) is 6.42 Å². The zero-order chi connectivity index (χ0) is 8.98. The van der Waals surface area contributed by atoms with Crippen molar-refractivity contribution >= 4 is 5.78 Å². The van der Waals surface area contributed by atoms with Crippen LogP contribution in [0.5, 0.6) is 0 Å². The largest absolute Gasteiger partial charge is 0.295 e. The number of ketones is 1. The van der Waals surface area contributed by atoms with Crippen LogP contribution in [-0.2, 0) is 4.79 Å². The van der Waals surface area contributed by atoms with Crippen LogP contribution in [0, 0.1) is 10.8 Å². The Morgan fingerprint density at radius 3 is 2.58 bits per heavy atom. The molecular formula is C11H16O. The van der Waals surface area contributed by atoms with Gasteiger partial charge in [0.1, 0.15) is 0 Å². The second-order valence-electron chi connectivity index (χ2n) is 5.21. The Labute approximate surface area is 73.8 Å². The molecule has 0 heterocycles. The summed E-state index contributed by atoms with van der Waals surface area (Å²) in [6, 6.07) is 0. The molecular weight excluding hydrogens is 148 g/mol. The summed E-state index contributed by atoms with van der Waals surface area (Å²) in [4.78, 5) is 11.5. The molecule has 1 heteroatoms. The van der Waals surface area contributed by atoms with Gasteiger partial charge in [-0.1, -0.05) is 26.8 Å². The molecule has 0 aromatic carbocycles. The number of carbonyl (C=O) groups is 1. The van der Waals surface area contributed by atoms with Crippen molar-refractivity contribution in [2.75, 3.05) is 0 Å². The number of fused-ring (bicyclic) bond motifs is 1. The van der Waals surface area contributed by atoms with Crippen LogP contribution in [0.3, 0.4) is 0 Å². The number of allylic oxidation sites excluding steroid dienone is 2. The van der Waals surface area contributed by atoms with Crippen molar-refractivity contribution in [1.82, 2.24) is 0 Å². The highest BCUT2D eigenvalue weighted by Gasteiger charge is 2.47. The van der Waals surface area contributed by atoms with Gasteiger partial charge in [-0.25, -0.2) is 0 Å². The summed E-state index contributed by atoms with van der Waals surface area (Å²) in [6.45, 7) is 6.67. The minimum absolute atomic E-state index is 0.223. The van der Waals surface area contributed by atoms with E-state index in [1.165, 1.54) is 0 Å². The third kappa shape index (κ3) is 0.954. The molecule has 0 spiro atoms. The maximum Gasteiger partial charge on any atom is 0.159 e. The average molecular weight is 164 g/mol. The highest BCUT2D eigenvalue weighted by atomic mass is 16.1. The lowest BCUT2D eigenvalue weighted by molar-refractivity contribution is -0.114. The highest BCUT2D eigenvalue weighted by Crippen LogP contribution is 2.54. The summed E-state index contributed by atoms with van der Waals surface area (Å²) in [7, 11) is 0. The first-order chi connectivity index (χ1) is 5.43. The van der Waals surface area contributed by atoms with E-state index in [0.29, 0.717) is 5.78 Å². The summed E-state index contributed by atoms with van der Waals surface area (Å²) in [5, 5.41) is 0. The van der Waals surface area contributed by atoms with Crippen molar-refractivity contribution in [3.63, 3.8) is 0 Å². The van der Waals surface area contributed by atoms with Gasteiger partial charge in [0.25, 0.3) is 0 Å². The molecule has 2 rings (SSSR count). The topological polar surface area (TPSA) is 17.1 Å². The van der Waals surface area contributed by atoms with Gasteiger partial charge in [-0.3, -0.25) is 4.79 Å². The van der Waals surface area contributed by atoms with Crippen LogP contribution >= 0.6 is 0 Å². The number of rotatable bonds is 0. The Kier molecular flexibility index (Phi) is 1.35. The van der Waals surface area contributed by atoms with E-state index in [1.54, 1.807) is 0 Å². The number of hydrogen-bond donors (Lipinski definition) is 0. The third-order valence-electron chi connectivity index (χ3n) is 3.24. The van der Waals surface area contributed by atoms with Crippen molar-refractivity contribution in [3.8, 4) is 0 Å². The van der Waals surface area contributed by atoms with E-state index in [2.05, 4.69) is 26.8 Å². The van der Waals surface area contributed by atoms with Gasteiger partial charge in [0.2, 0.25) is 0 Å². The Balaban J connectivity index is 2.43. The fourth-order valence-electron chi connectivity index (χ4n) is 2.88. The van der Waals surface area contributed by atoms with Crippen LogP contribution in [0.4, 0.5) is 0 Å². The minimum atomic E-state index is 0.223. The molecule has 0 N–H and O–H groups in total. The fourth-order valence-corrected chi connectivity index (χ4v) is 2.88. The molecule has 0 amide bonds. The Morgan fingerprint density at radius 2 is 2.00 bits per heavy atom. The van der Waals surface area contributed by atoms with Gasteiger partial charge in [-0.15, -0.1) is 0 Å². The predicted octanol–water partition coefficient (Wildman–Crippen LogP) is 2.71. The predicted molar refractivity (Wildman–Crippen MR) is 48.8 cm³/mol. The van der Waals surface area contributed by atoms with E-state index < -0.39 is 0 Å². The van der Waals surface area contributed by atoms with E-state index in [1.807, 2.05) is 0 Å². The van der Waals surface area contributed by atoms with Gasteiger partial charge in [-0.2, -0.15) is 0 Å². The molecule has 0 aromatic rings. The van der Waals surface area contributed by atoms with Crippen molar-refractivity contribution in [2.24, 2.45) is 10.8 Å². The quantitative estimate of drug-likeness (QED) is 0.538. The summed E-state index contributed by atoms with van der Waals surface area (Å²) >= 11 is 0. The van der Waals surface area contributed by atoms with Crippen LogP contribution in [0.1, 0.15) is 40.0 Å². The maximum absolute atomic E-state index is 11.5. The summed E-state index contributed by atoms with van der Waals surface area (Å²) in [5.74, 6) is 0.392. The zero-order valence-corrected chi connectivity index (χ0v) is 8.11. The summed E-state index contributed by atoms with van der Waals surface area (Å²) in [6.07, 6.45) is 5.20. The van der Waals surface area contributed by atoms with Crippen LogP contribution in [0.2, 0.25) is 0 Å². The molecule has 1 saturated carbocycles. The van der Waals surface area contributed by atoms with E-state index >= 15 is 0 Å². The number of Topliss-reactive ketones (excluding diaryl/α,β-unsaturated/α-hetero) is 1. The van der Waals surface area contributed by atoms with Crippen LogP contribution < -0.4 is 0 Å². The van der Waals surface area contributed by atoms with Crippen LogP contribution in [-0.4, -0.2) is 5.78 Å². The standard InChI is InChI=1S/C11H16O/c1-10(2)6-8-9(12)4-5-11(8,3)7-10/h6H,4-5,7H2,1-3H3. The first-order valence-corrected chi connectivity index (χ1v) is 4.70. The average Bonchev–Trinajstić information content (AvgIpc) is 2.28. The molecule has 1 unspecified atom stereocenters. The Bertz CT molecular complexity index is 273. The van der Waals surface area contributed by atoms with Gasteiger partial charge in [0.05, 0.1) is 0 Å². The van der Waals surface area contributed by atoms with Gasteiger partial charge in [0.15, 0.2) is 5.78 Å². The zero-order valence-electron chi connectivity index (χ0n) is 8.11. The molecule has 66 valence electrons. The Hall–Kier alpha value is -0.590. The molecule has 1 nitrogen and oxygen atoms in total. The second kappa shape index (κ2) is 2.01. The molecule has 0 aromatic heterocycles. The minimum Gasteiger partial charge on any atom is -0.295 e. The van der Waals surface area contributed by atoms with Gasteiger partial charge >= 0.3 is 0 Å². The molecule has 1 atom stereocenters. The van der Waals surface area contributed by atoms with E-state index in [-0.39, 0.29) is 10.8 Å². The Morgan fingerprint density at radius 1 is 1.33 bits per heavy atom.